The van der Waals surface area contributed by atoms with Crippen molar-refractivity contribution in [3.05, 3.63) is 230 Å². The van der Waals surface area contributed by atoms with Gasteiger partial charge in [-0.2, -0.15) is 0 Å². The SMILES string of the molecule is C=CCC(C=C)/C=C/CC(C=C)C(C1=CCCC=C1)c1ccc(-c2ccccc2)cc1.c1ccc(Cc2ccc(-c3ccccc3)cc2)cc1. The van der Waals surface area contributed by atoms with Crippen molar-refractivity contribution in [3.8, 4) is 22.3 Å². The van der Waals surface area contributed by atoms with Gasteiger partial charge >= 0.3 is 0 Å². The lowest BCUT2D eigenvalue weighted by atomic mass is 9.77. The van der Waals surface area contributed by atoms with Gasteiger partial charge in [-0.15, -0.1) is 19.7 Å². The Morgan fingerprint density at radius 3 is 1.60 bits per heavy atom. The van der Waals surface area contributed by atoms with E-state index in [-0.39, 0.29) is 0 Å². The van der Waals surface area contributed by atoms with Gasteiger partial charge in [0.15, 0.2) is 0 Å². The summed E-state index contributed by atoms with van der Waals surface area (Å²) in [6, 6.07) is 49.6. The highest BCUT2D eigenvalue weighted by Crippen LogP contribution is 2.38. The largest absolute Gasteiger partial charge is 0.103 e. The van der Waals surface area contributed by atoms with Crippen LogP contribution in [0.4, 0.5) is 0 Å². The molecule has 250 valence electrons. The van der Waals surface area contributed by atoms with Crippen molar-refractivity contribution in [2.24, 2.45) is 11.8 Å². The molecule has 3 atom stereocenters. The van der Waals surface area contributed by atoms with Crippen LogP contribution in [-0.4, -0.2) is 0 Å². The van der Waals surface area contributed by atoms with Crippen LogP contribution in [0.5, 0.6) is 0 Å². The van der Waals surface area contributed by atoms with Crippen LogP contribution in [-0.2, 0) is 6.42 Å². The normalized spacial score (nSPS) is 14.0. The van der Waals surface area contributed by atoms with Crippen LogP contribution in [0.2, 0.25) is 0 Å². The fourth-order valence-corrected chi connectivity index (χ4v) is 6.57. The van der Waals surface area contributed by atoms with Crippen molar-refractivity contribution >= 4 is 0 Å². The van der Waals surface area contributed by atoms with E-state index < -0.39 is 0 Å². The van der Waals surface area contributed by atoms with Gasteiger partial charge in [0.2, 0.25) is 0 Å². The van der Waals surface area contributed by atoms with Gasteiger partial charge in [-0.05, 0) is 88.5 Å². The fraction of sp³-hybridized carbons (Fsp3) is 0.160. The predicted molar refractivity (Wildman–Crippen MR) is 218 cm³/mol. The Morgan fingerprint density at radius 2 is 1.08 bits per heavy atom. The third-order valence-electron chi connectivity index (χ3n) is 9.34. The minimum atomic E-state index is 0.310. The highest BCUT2D eigenvalue weighted by Gasteiger charge is 2.23. The first kappa shape index (κ1) is 35.8. The third-order valence-corrected chi connectivity index (χ3v) is 9.34. The molecular weight excluding hydrogens is 601 g/mol. The molecule has 1 aliphatic rings. The number of hydrogen-bond acceptors (Lipinski definition) is 0. The van der Waals surface area contributed by atoms with Crippen LogP contribution in [0.1, 0.15) is 48.3 Å². The second-order valence-electron chi connectivity index (χ2n) is 12.9. The Labute approximate surface area is 301 Å². The summed E-state index contributed by atoms with van der Waals surface area (Å²) >= 11 is 0. The van der Waals surface area contributed by atoms with E-state index in [0.717, 1.165) is 32.1 Å². The summed E-state index contributed by atoms with van der Waals surface area (Å²) in [7, 11) is 0. The number of rotatable bonds is 14. The van der Waals surface area contributed by atoms with Gasteiger partial charge in [0.05, 0.1) is 0 Å². The fourth-order valence-electron chi connectivity index (χ4n) is 6.57. The van der Waals surface area contributed by atoms with Gasteiger partial charge in [0.1, 0.15) is 0 Å². The minimum Gasteiger partial charge on any atom is -0.103 e. The van der Waals surface area contributed by atoms with Gasteiger partial charge in [-0.3, -0.25) is 0 Å². The van der Waals surface area contributed by atoms with Gasteiger partial charge in [0.25, 0.3) is 0 Å². The molecule has 0 aliphatic heterocycles. The van der Waals surface area contributed by atoms with Crippen LogP contribution in [0.25, 0.3) is 22.3 Å². The molecule has 50 heavy (non-hydrogen) atoms. The van der Waals surface area contributed by atoms with Crippen molar-refractivity contribution in [3.63, 3.8) is 0 Å². The van der Waals surface area contributed by atoms with Gasteiger partial charge in [0, 0.05) is 5.92 Å². The van der Waals surface area contributed by atoms with Crippen molar-refractivity contribution < 1.29 is 0 Å². The summed E-state index contributed by atoms with van der Waals surface area (Å²) in [4.78, 5) is 0. The molecule has 0 amide bonds. The molecule has 0 fully saturated rings. The van der Waals surface area contributed by atoms with E-state index in [1.54, 1.807) is 0 Å². The predicted octanol–water partition coefficient (Wildman–Crippen LogP) is 13.8. The van der Waals surface area contributed by atoms with E-state index in [1.807, 2.05) is 18.2 Å². The standard InChI is InChI=1S/C31H34.C19H16/c1-4-14-25(5-2)15-13-20-26(6-3)31(29-18-11-8-12-19-29)30-23-21-28(22-24-30)27-16-9-7-10-17-27;1-3-7-16(8-4-1)15-17-11-13-19(14-12-17)18-9-5-2-6-10-18/h4-7,9-11,13,15-19,21-26,31H,1-3,8,12,14,20H2;1-14H,15H2/b15-13+;. The zero-order chi connectivity index (χ0) is 34.8. The van der Waals surface area contributed by atoms with E-state index in [9.17, 15) is 0 Å². The molecule has 1 aliphatic carbocycles. The lowest BCUT2D eigenvalue weighted by Gasteiger charge is -2.27. The molecule has 0 bridgehead atoms. The van der Waals surface area contributed by atoms with Crippen LogP contribution in [0, 0.1) is 11.8 Å². The van der Waals surface area contributed by atoms with Crippen LogP contribution in [0.15, 0.2) is 213 Å². The quantitative estimate of drug-likeness (QED) is 0.105. The van der Waals surface area contributed by atoms with Gasteiger partial charge < -0.3 is 0 Å². The lowest BCUT2D eigenvalue weighted by molar-refractivity contribution is 0.572. The topological polar surface area (TPSA) is 0 Å². The smallest absolute Gasteiger partial charge is 0.0152 e. The first-order valence-electron chi connectivity index (χ1n) is 17.9. The number of hydrogen-bond donors (Lipinski definition) is 0. The average molecular weight is 651 g/mol. The van der Waals surface area contributed by atoms with Crippen LogP contribution in [0.3, 0.4) is 0 Å². The molecule has 0 radical (unpaired) electrons. The molecule has 0 N–H and O–H groups in total. The molecule has 6 rings (SSSR count). The minimum absolute atomic E-state index is 0.310. The average Bonchev–Trinajstić information content (AvgIpc) is 3.19. The van der Waals surface area contributed by atoms with Gasteiger partial charge in [-0.25, -0.2) is 0 Å². The zero-order valence-corrected chi connectivity index (χ0v) is 29.3. The summed E-state index contributed by atoms with van der Waals surface area (Å²) in [5, 5.41) is 0. The van der Waals surface area contributed by atoms with Crippen molar-refractivity contribution in [2.45, 2.75) is 38.0 Å². The van der Waals surface area contributed by atoms with Crippen LogP contribution < -0.4 is 0 Å². The van der Waals surface area contributed by atoms with E-state index in [0.29, 0.717) is 17.8 Å². The molecule has 5 aromatic carbocycles. The highest BCUT2D eigenvalue weighted by molar-refractivity contribution is 5.64. The molecule has 5 aromatic rings. The first-order valence-corrected chi connectivity index (χ1v) is 17.9. The van der Waals surface area contributed by atoms with E-state index in [1.165, 1.54) is 44.5 Å². The Kier molecular flexibility index (Phi) is 14.0. The Morgan fingerprint density at radius 1 is 0.540 bits per heavy atom. The highest BCUT2D eigenvalue weighted by atomic mass is 14.3. The van der Waals surface area contributed by atoms with E-state index >= 15 is 0 Å². The Balaban J connectivity index is 0.000000217. The van der Waals surface area contributed by atoms with Crippen molar-refractivity contribution in [1.29, 1.82) is 0 Å². The first-order chi connectivity index (χ1) is 24.7. The second kappa shape index (κ2) is 19.5. The number of allylic oxidation sites excluding steroid dienone is 9. The lowest BCUT2D eigenvalue weighted by Crippen LogP contribution is -2.13. The molecule has 0 aromatic heterocycles. The Hall–Kier alpha value is -5.46. The summed E-state index contributed by atoms with van der Waals surface area (Å²) < 4.78 is 0. The molecule has 0 heteroatoms. The maximum atomic E-state index is 4.20. The summed E-state index contributed by atoms with van der Waals surface area (Å²) in [5.74, 6) is 0.993. The second-order valence-corrected chi connectivity index (χ2v) is 12.9. The maximum Gasteiger partial charge on any atom is 0.0152 e. The molecular formula is C50H50. The monoisotopic (exact) mass is 650 g/mol. The molecule has 0 heterocycles. The molecule has 3 unspecified atom stereocenters. The van der Waals surface area contributed by atoms with Crippen LogP contribution >= 0.6 is 0 Å². The molecule has 0 saturated carbocycles. The third kappa shape index (κ3) is 10.5. The summed E-state index contributed by atoms with van der Waals surface area (Å²) in [5.41, 5.74) is 10.5. The van der Waals surface area contributed by atoms with E-state index in [4.69, 9.17) is 0 Å². The number of benzene rings is 5. The van der Waals surface area contributed by atoms with Gasteiger partial charge in [-0.1, -0.05) is 188 Å². The summed E-state index contributed by atoms with van der Waals surface area (Å²) in [6.45, 7) is 12.0. The van der Waals surface area contributed by atoms with Crippen molar-refractivity contribution in [2.75, 3.05) is 0 Å². The Bertz CT molecular complexity index is 1840. The summed E-state index contributed by atoms with van der Waals surface area (Å²) in [6.07, 6.45) is 22.8. The maximum absolute atomic E-state index is 4.20. The molecule has 0 nitrogen and oxygen atoms in total. The zero-order valence-electron chi connectivity index (χ0n) is 29.3. The van der Waals surface area contributed by atoms with E-state index in [2.05, 4.69) is 190 Å². The molecule has 0 spiro atoms. The molecule has 0 saturated heterocycles. The van der Waals surface area contributed by atoms with Crippen molar-refractivity contribution in [1.82, 2.24) is 0 Å².